The number of hydrogen-bond acceptors (Lipinski definition) is 5. The van der Waals surface area contributed by atoms with E-state index in [1.807, 2.05) is 108 Å². The van der Waals surface area contributed by atoms with E-state index in [-0.39, 0.29) is 37.5 Å². The maximum atomic E-state index is 8.82. The number of rotatable bonds is 7. The first-order valence-corrected chi connectivity index (χ1v) is 23.4. The van der Waals surface area contributed by atoms with Gasteiger partial charge in [-0.3, -0.25) is 0 Å². The van der Waals surface area contributed by atoms with Gasteiger partial charge >= 0.3 is 0 Å². The molecule has 0 saturated heterocycles. The van der Waals surface area contributed by atoms with Crippen molar-refractivity contribution in [3.63, 3.8) is 0 Å². The van der Waals surface area contributed by atoms with Crippen molar-refractivity contribution in [2.75, 3.05) is 9.80 Å². The predicted molar refractivity (Wildman–Crippen MR) is 285 cm³/mol. The van der Waals surface area contributed by atoms with Crippen molar-refractivity contribution in [3.05, 3.63) is 212 Å². The van der Waals surface area contributed by atoms with Crippen molar-refractivity contribution in [1.29, 1.82) is 0 Å². The summed E-state index contributed by atoms with van der Waals surface area (Å²) in [7, 11) is 0. The predicted octanol–water partition coefficient (Wildman–Crippen LogP) is 17.1. The number of aromatic nitrogens is 2. The second-order valence-corrected chi connectivity index (χ2v) is 20.0. The van der Waals surface area contributed by atoms with Gasteiger partial charge in [0.15, 0.2) is 0 Å². The molecular formula is C63H51N4O2Pt-3. The van der Waals surface area contributed by atoms with Gasteiger partial charge in [-0.2, -0.15) is 12.1 Å². The molecule has 7 heteroatoms. The molecule has 11 aromatic rings. The van der Waals surface area contributed by atoms with Crippen molar-refractivity contribution in [3.8, 4) is 39.6 Å². The van der Waals surface area contributed by atoms with Crippen LogP contribution in [0.4, 0.5) is 22.7 Å². The van der Waals surface area contributed by atoms with Crippen LogP contribution in [0.2, 0.25) is 0 Å². The van der Waals surface area contributed by atoms with Gasteiger partial charge in [0.05, 0.1) is 0 Å². The topological polar surface area (TPSA) is 46.7 Å². The van der Waals surface area contributed by atoms with E-state index in [1.54, 1.807) is 12.3 Å². The fraction of sp³-hybridized carbons (Fsp3) is 0.143. The molecule has 8 aromatic carbocycles. The molecule has 348 valence electrons. The van der Waals surface area contributed by atoms with Crippen LogP contribution in [0.5, 0.6) is 11.5 Å². The van der Waals surface area contributed by atoms with Gasteiger partial charge in [-0.15, -0.1) is 48.1 Å². The van der Waals surface area contributed by atoms with Gasteiger partial charge in [0.1, 0.15) is 17.0 Å². The minimum absolute atomic E-state index is 0. The quantitative estimate of drug-likeness (QED) is 0.149. The Hall–Kier alpha value is -7.40. The number of pyridine rings is 1. The molecule has 0 aliphatic carbocycles. The second-order valence-electron chi connectivity index (χ2n) is 20.0. The summed E-state index contributed by atoms with van der Waals surface area (Å²) in [5, 5.41) is 3.99. The smallest absolute Gasteiger partial charge is 0.135 e. The van der Waals surface area contributed by atoms with Crippen LogP contribution < -0.4 is 14.5 Å². The Morgan fingerprint density at radius 3 is 2.03 bits per heavy atom. The average molecular weight is 1090 g/mol. The van der Waals surface area contributed by atoms with Gasteiger partial charge in [0.2, 0.25) is 0 Å². The summed E-state index contributed by atoms with van der Waals surface area (Å²) in [6.45, 7) is 13.3. The van der Waals surface area contributed by atoms with E-state index in [9.17, 15) is 0 Å². The molecule has 3 aromatic heterocycles. The number of anilines is 4. The Labute approximate surface area is 428 Å². The minimum Gasteiger partial charge on any atom is -0.509 e. The van der Waals surface area contributed by atoms with Crippen molar-refractivity contribution < 1.29 is 34.3 Å². The largest absolute Gasteiger partial charge is 0.509 e. The maximum absolute atomic E-state index is 8.82. The molecule has 6 nitrogen and oxygen atoms in total. The summed E-state index contributed by atoms with van der Waals surface area (Å²) in [5.41, 5.74) is 13.2. The fourth-order valence-corrected chi connectivity index (χ4v) is 9.62. The number of aryl methyl sites for hydroxylation is 1. The van der Waals surface area contributed by atoms with Crippen molar-refractivity contribution in [2.24, 2.45) is 0 Å². The Balaban J connectivity index is 0.00000574. The van der Waals surface area contributed by atoms with Crippen molar-refractivity contribution in [2.45, 2.75) is 59.2 Å². The Bertz CT molecular complexity index is 3900. The molecule has 0 bridgehead atoms. The number of furan rings is 1. The van der Waals surface area contributed by atoms with E-state index in [1.165, 1.54) is 11.1 Å². The van der Waals surface area contributed by atoms with Crippen LogP contribution >= 0.6 is 0 Å². The Morgan fingerprint density at radius 2 is 1.24 bits per heavy atom. The van der Waals surface area contributed by atoms with Gasteiger partial charge in [0, 0.05) is 81.8 Å². The van der Waals surface area contributed by atoms with Crippen molar-refractivity contribution >= 4 is 66.5 Å². The third-order valence-electron chi connectivity index (χ3n) is 13.4. The SMILES string of the molecule is [2H]C([2H])([2H])c1cc(-n2c3[c-]c(Oc4[c-]c(N5[CH-]N(c6cc(C(C)(C)C)cc(C(C)(C)C)c6)c6ccccc65)ccc4)ccc3c3ccccc32)ncc1-c1cccc(-c2ccc3oc4ccccc4c3c2)c1.[Pt]. The summed E-state index contributed by atoms with van der Waals surface area (Å²) in [6.07, 6.45) is 1.68. The summed E-state index contributed by atoms with van der Waals surface area (Å²) in [4.78, 5) is 9.43. The molecule has 70 heavy (non-hydrogen) atoms. The zero-order chi connectivity index (χ0) is 49.7. The third kappa shape index (κ3) is 7.94. The molecule has 0 radical (unpaired) electrons. The number of benzene rings is 8. The van der Waals surface area contributed by atoms with Crippen LogP contribution in [0, 0.1) is 25.7 Å². The monoisotopic (exact) mass is 1090 g/mol. The molecule has 1 aliphatic heterocycles. The summed E-state index contributed by atoms with van der Waals surface area (Å²) < 4.78 is 41.2. The third-order valence-corrected chi connectivity index (χ3v) is 13.4. The molecule has 4 heterocycles. The van der Waals surface area contributed by atoms with Gasteiger partial charge in [-0.1, -0.05) is 126 Å². The molecule has 0 fully saturated rings. The van der Waals surface area contributed by atoms with E-state index in [2.05, 4.69) is 131 Å². The first-order valence-electron chi connectivity index (χ1n) is 24.9. The summed E-state index contributed by atoms with van der Waals surface area (Å²) in [6, 6.07) is 64.2. The van der Waals surface area contributed by atoms with Gasteiger partial charge in [-0.25, -0.2) is 4.98 Å². The van der Waals surface area contributed by atoms with E-state index in [4.69, 9.17) is 18.3 Å². The van der Waals surface area contributed by atoms with Gasteiger partial charge < -0.3 is 23.5 Å². The molecule has 0 N–H and O–H groups in total. The van der Waals surface area contributed by atoms with Crippen LogP contribution in [0.3, 0.4) is 0 Å². The van der Waals surface area contributed by atoms with E-state index in [0.29, 0.717) is 28.4 Å². The maximum Gasteiger partial charge on any atom is 0.135 e. The zero-order valence-electron chi connectivity index (χ0n) is 42.7. The normalized spacial score (nSPS) is 13.7. The number of hydrogen-bond donors (Lipinski definition) is 0. The number of para-hydroxylation sites is 4. The van der Waals surface area contributed by atoms with Crippen LogP contribution in [0.25, 0.3) is 71.8 Å². The molecule has 12 rings (SSSR count). The van der Waals surface area contributed by atoms with Crippen LogP contribution in [-0.2, 0) is 31.9 Å². The van der Waals surface area contributed by atoms with Gasteiger partial charge in [0.25, 0.3) is 0 Å². The van der Waals surface area contributed by atoms with E-state index in [0.717, 1.165) is 77.7 Å². The molecular weight excluding hydrogens is 1040 g/mol. The Kier molecular flexibility index (Phi) is 10.2. The molecule has 0 amide bonds. The van der Waals surface area contributed by atoms with Crippen LogP contribution in [-0.4, -0.2) is 9.55 Å². The van der Waals surface area contributed by atoms with Crippen LogP contribution in [0.15, 0.2) is 180 Å². The minimum atomic E-state index is -2.45. The van der Waals surface area contributed by atoms with E-state index < -0.39 is 6.85 Å². The molecule has 0 unspecified atom stereocenters. The fourth-order valence-electron chi connectivity index (χ4n) is 9.62. The molecule has 0 spiro atoms. The van der Waals surface area contributed by atoms with E-state index >= 15 is 0 Å². The Morgan fingerprint density at radius 1 is 0.571 bits per heavy atom. The first-order chi connectivity index (χ1) is 34.5. The number of ether oxygens (including phenoxy) is 1. The molecule has 0 saturated carbocycles. The number of fused-ring (bicyclic) bond motifs is 7. The van der Waals surface area contributed by atoms with Crippen molar-refractivity contribution in [1.82, 2.24) is 9.55 Å². The number of nitrogens with zero attached hydrogens (tertiary/aromatic N) is 4. The first kappa shape index (κ1) is 41.6. The average Bonchev–Trinajstić information content (AvgIpc) is 4.05. The second kappa shape index (κ2) is 17.2. The standard InChI is InChI=1S/C63H51N4O2.Pt/c1-40-30-61(64-38-54(40)43-17-14-16-41(31-43)42-26-29-60-53(32-42)52-21-9-13-25-59(52)69-60)67-55-22-10-8-20-50(55)51-28-27-49(37-58(51)67)68-48-19-15-18-46(36-48)65-39-66(57-24-12-11-23-56(57)65)47-34-44(62(2,3)4)33-45(35-47)63(5,6)7;/h8-35,38-39H,1-7H3;/q-3;/i1D3;. The summed E-state index contributed by atoms with van der Waals surface area (Å²) >= 11 is 0. The molecule has 0 atom stereocenters. The van der Waals surface area contributed by atoms with Gasteiger partial charge in [-0.05, 0) is 117 Å². The van der Waals surface area contributed by atoms with Crippen LogP contribution in [0.1, 0.15) is 62.3 Å². The summed E-state index contributed by atoms with van der Waals surface area (Å²) in [5.74, 6) is 1.46. The molecule has 1 aliphatic rings. The zero-order valence-corrected chi connectivity index (χ0v) is 42.0.